The molecule has 1 unspecified atom stereocenters. The Morgan fingerprint density at radius 1 is 1.24 bits per heavy atom. The van der Waals surface area contributed by atoms with E-state index < -0.39 is 35.9 Å². The fourth-order valence-corrected chi connectivity index (χ4v) is 4.95. The second-order valence-electron chi connectivity index (χ2n) is 8.14. The van der Waals surface area contributed by atoms with Crippen LogP contribution in [0.4, 0.5) is 13.2 Å². The number of amides is 2. The number of carboxylic acids is 1. The number of hydrogen-bond acceptors (Lipinski definition) is 7. The number of nitrogens with zero attached hydrogens (tertiary/aromatic N) is 1. The van der Waals surface area contributed by atoms with Gasteiger partial charge in [0.1, 0.15) is 29.0 Å². The molecule has 0 bridgehead atoms. The van der Waals surface area contributed by atoms with Gasteiger partial charge in [0.05, 0.1) is 23.1 Å². The van der Waals surface area contributed by atoms with Crippen LogP contribution in [0.15, 0.2) is 47.4 Å². The van der Waals surface area contributed by atoms with Crippen LogP contribution in [0.2, 0.25) is 0 Å². The lowest BCUT2D eigenvalue weighted by molar-refractivity contribution is -0.140. The molecular weight excluding hydrogens is 533 g/mol. The number of hydrogen-bond donors (Lipinski definition) is 2. The maximum absolute atomic E-state index is 13.8. The van der Waals surface area contributed by atoms with E-state index in [1.807, 2.05) is 0 Å². The molecule has 194 valence electrons. The van der Waals surface area contributed by atoms with Gasteiger partial charge in [-0.15, -0.1) is 0 Å². The second-order valence-corrected chi connectivity index (χ2v) is 9.82. The number of nitrogens with one attached hydrogen (secondary N) is 1. The Morgan fingerprint density at radius 3 is 2.62 bits per heavy atom. The van der Waals surface area contributed by atoms with Crippen LogP contribution in [0.1, 0.15) is 16.7 Å². The summed E-state index contributed by atoms with van der Waals surface area (Å²) >= 11 is 5.82. The summed E-state index contributed by atoms with van der Waals surface area (Å²) in [4.78, 5) is 35.7. The van der Waals surface area contributed by atoms with Crippen molar-refractivity contribution >= 4 is 52.2 Å². The summed E-state index contributed by atoms with van der Waals surface area (Å²) in [6.07, 6.45) is -3.03. The first-order chi connectivity index (χ1) is 17.5. The molecular formula is C24H19F3N2O6S2. The van der Waals surface area contributed by atoms with Crippen molar-refractivity contribution in [2.75, 3.05) is 19.8 Å². The molecule has 0 aromatic heterocycles. The van der Waals surface area contributed by atoms with E-state index in [1.165, 1.54) is 24.3 Å². The number of carboxylic acid groups (broad SMARTS) is 1. The first-order valence-electron chi connectivity index (χ1n) is 10.8. The minimum Gasteiger partial charge on any atom is -0.480 e. The molecule has 37 heavy (non-hydrogen) atoms. The molecule has 13 heteroatoms. The van der Waals surface area contributed by atoms with Gasteiger partial charge in [-0.05, 0) is 47.9 Å². The van der Waals surface area contributed by atoms with Crippen LogP contribution in [-0.2, 0) is 31.7 Å². The van der Waals surface area contributed by atoms with Gasteiger partial charge in [0, 0.05) is 0 Å². The van der Waals surface area contributed by atoms with Crippen molar-refractivity contribution in [3.8, 4) is 11.5 Å². The van der Waals surface area contributed by atoms with Gasteiger partial charge in [-0.25, -0.2) is 0 Å². The summed E-state index contributed by atoms with van der Waals surface area (Å²) < 4.78 is 52.2. The summed E-state index contributed by atoms with van der Waals surface area (Å²) in [6, 6.07) is 9.60. The summed E-state index contributed by atoms with van der Waals surface area (Å²) in [5.41, 5.74) is -0.134. The molecule has 2 heterocycles. The number of thioether (sulfide) groups is 1. The lowest BCUT2D eigenvalue weighted by Crippen LogP contribution is -2.46. The third-order valence-corrected chi connectivity index (χ3v) is 6.70. The largest absolute Gasteiger partial charge is 0.480 e. The van der Waals surface area contributed by atoms with Crippen LogP contribution in [-0.4, -0.2) is 57.9 Å². The number of rotatable bonds is 7. The molecule has 2 aromatic carbocycles. The zero-order valence-electron chi connectivity index (χ0n) is 18.9. The summed E-state index contributed by atoms with van der Waals surface area (Å²) in [5.74, 6) is -2.40. The maximum Gasteiger partial charge on any atom is 0.420 e. The van der Waals surface area contributed by atoms with Crippen molar-refractivity contribution in [1.29, 1.82) is 0 Å². The monoisotopic (exact) mass is 552 g/mol. The zero-order chi connectivity index (χ0) is 26.7. The number of benzene rings is 2. The zero-order valence-corrected chi connectivity index (χ0v) is 20.5. The molecule has 0 saturated carbocycles. The van der Waals surface area contributed by atoms with Crippen LogP contribution in [0.25, 0.3) is 6.08 Å². The molecule has 0 spiro atoms. The summed E-state index contributed by atoms with van der Waals surface area (Å²) in [5, 5.41) is 11.7. The van der Waals surface area contributed by atoms with Crippen LogP contribution >= 0.6 is 24.0 Å². The Labute approximate surface area is 218 Å². The average molecular weight is 553 g/mol. The quantitative estimate of drug-likeness (QED) is 0.395. The normalized spacial score (nSPS) is 19.3. The topological polar surface area (TPSA) is 105 Å². The highest BCUT2D eigenvalue weighted by Crippen LogP contribution is 2.40. The van der Waals surface area contributed by atoms with Crippen molar-refractivity contribution in [2.24, 2.45) is 0 Å². The Hall–Kier alpha value is -3.42. The fraction of sp³-hybridized carbons (Fsp3) is 0.250. The first kappa shape index (κ1) is 26.6. The number of halogens is 3. The lowest BCUT2D eigenvalue weighted by atomic mass is 10.1. The lowest BCUT2D eigenvalue weighted by Gasteiger charge is -2.23. The Bertz CT molecular complexity index is 1280. The van der Waals surface area contributed by atoms with Crippen molar-refractivity contribution in [3.05, 3.63) is 64.1 Å². The smallest absolute Gasteiger partial charge is 0.420 e. The van der Waals surface area contributed by atoms with E-state index in [0.29, 0.717) is 13.0 Å². The van der Waals surface area contributed by atoms with Gasteiger partial charge in [-0.3, -0.25) is 19.3 Å². The predicted molar refractivity (Wildman–Crippen MR) is 132 cm³/mol. The average Bonchev–Trinajstić information content (AvgIpc) is 3.07. The predicted octanol–water partition coefficient (Wildman–Crippen LogP) is 3.84. The number of ether oxygens (including phenoxy) is 2. The summed E-state index contributed by atoms with van der Waals surface area (Å²) in [6.45, 7) is -0.244. The molecule has 2 aromatic rings. The molecule has 1 atom stereocenters. The van der Waals surface area contributed by atoms with E-state index in [1.54, 1.807) is 12.1 Å². The number of carbonyl (C=O) groups is 3. The van der Waals surface area contributed by atoms with E-state index >= 15 is 0 Å². The molecule has 2 aliphatic heterocycles. The second kappa shape index (κ2) is 10.9. The maximum atomic E-state index is 13.8. The van der Waals surface area contributed by atoms with E-state index in [4.69, 9.17) is 26.8 Å². The highest BCUT2D eigenvalue weighted by Gasteiger charge is 2.36. The van der Waals surface area contributed by atoms with E-state index in [9.17, 15) is 27.6 Å². The van der Waals surface area contributed by atoms with E-state index in [0.717, 1.165) is 34.4 Å². The van der Waals surface area contributed by atoms with E-state index in [2.05, 4.69) is 5.32 Å². The van der Waals surface area contributed by atoms with Crippen LogP contribution in [0.5, 0.6) is 11.5 Å². The minimum absolute atomic E-state index is 0.0106. The Morgan fingerprint density at radius 2 is 1.97 bits per heavy atom. The van der Waals surface area contributed by atoms with Crippen LogP contribution < -0.4 is 10.1 Å². The number of alkyl halides is 3. The number of morpholine rings is 1. The SMILES string of the molecule is O=C(O)CN1C(=O)/C(=C/c2ccc(Oc3ccc(CC4COCC(=O)N4)cc3)c(C(F)(F)F)c2)SC1=S. The number of carbonyl (C=O) groups excluding carboxylic acids is 2. The minimum atomic E-state index is -4.75. The highest BCUT2D eigenvalue weighted by atomic mass is 32.2. The fourth-order valence-electron chi connectivity index (χ4n) is 3.69. The van der Waals surface area contributed by atoms with Gasteiger partial charge in [0.2, 0.25) is 5.91 Å². The van der Waals surface area contributed by atoms with Crippen molar-refractivity contribution in [2.45, 2.75) is 18.6 Å². The molecule has 0 radical (unpaired) electrons. The third-order valence-electron chi connectivity index (χ3n) is 5.32. The van der Waals surface area contributed by atoms with Crippen molar-refractivity contribution in [3.63, 3.8) is 0 Å². The molecule has 2 amide bonds. The van der Waals surface area contributed by atoms with Crippen LogP contribution in [0.3, 0.4) is 0 Å². The van der Waals surface area contributed by atoms with Crippen LogP contribution in [0, 0.1) is 0 Å². The van der Waals surface area contributed by atoms with Gasteiger partial charge < -0.3 is 19.9 Å². The molecule has 2 N–H and O–H groups in total. The molecule has 2 aliphatic rings. The molecule has 8 nitrogen and oxygen atoms in total. The molecule has 2 fully saturated rings. The molecule has 4 rings (SSSR count). The van der Waals surface area contributed by atoms with Gasteiger partial charge in [0.25, 0.3) is 5.91 Å². The third kappa shape index (κ3) is 6.67. The van der Waals surface area contributed by atoms with Crippen molar-refractivity contribution < 1.29 is 42.1 Å². The number of thiocarbonyl (C=S) groups is 1. The van der Waals surface area contributed by atoms with Gasteiger partial charge in [0.15, 0.2) is 0 Å². The Balaban J connectivity index is 1.51. The van der Waals surface area contributed by atoms with E-state index in [-0.39, 0.29) is 39.1 Å². The van der Waals surface area contributed by atoms with Gasteiger partial charge in [-0.2, -0.15) is 13.2 Å². The first-order valence-corrected chi connectivity index (χ1v) is 12.0. The summed E-state index contributed by atoms with van der Waals surface area (Å²) in [7, 11) is 0. The number of aliphatic carboxylic acids is 1. The highest BCUT2D eigenvalue weighted by molar-refractivity contribution is 8.26. The standard InChI is InChI=1S/C24H19F3N2O6S2/c25-24(26,27)17-8-14(9-19-22(33)29(10-21(31)32)23(36)37-19)3-6-18(17)35-16-4-1-13(2-5-16)7-15-11-34-12-20(30)28-15/h1-6,8-9,15H,7,10-12H2,(H,28,30)(H,31,32)/b19-9-. The van der Waals surface area contributed by atoms with Gasteiger partial charge in [-0.1, -0.05) is 42.2 Å². The Kier molecular flexibility index (Phi) is 7.85. The van der Waals surface area contributed by atoms with Crippen molar-refractivity contribution in [1.82, 2.24) is 10.2 Å². The molecule has 2 saturated heterocycles. The molecule has 0 aliphatic carbocycles. The van der Waals surface area contributed by atoms with Gasteiger partial charge >= 0.3 is 12.1 Å².